The number of benzene rings is 1. The van der Waals surface area contributed by atoms with Gasteiger partial charge in [0.1, 0.15) is 6.61 Å². The zero-order valence-corrected chi connectivity index (χ0v) is 11.8. The molecular weight excluding hydrogens is 300 g/mol. The maximum absolute atomic E-state index is 11.7. The zero-order valence-electron chi connectivity index (χ0n) is 11.8. The van der Waals surface area contributed by atoms with E-state index in [0.29, 0.717) is 24.5 Å². The fraction of sp³-hybridized carbons (Fsp3) is 0.133. The second-order valence-corrected chi connectivity index (χ2v) is 4.84. The van der Waals surface area contributed by atoms with Crippen molar-refractivity contribution < 1.29 is 19.1 Å². The molecular formula is C15H10N4O4. The first-order valence-electron chi connectivity index (χ1n) is 6.89. The molecule has 0 spiro atoms. The van der Waals surface area contributed by atoms with Crippen molar-refractivity contribution in [3.8, 4) is 0 Å². The van der Waals surface area contributed by atoms with Crippen LogP contribution in [-0.2, 0) is 9.47 Å². The van der Waals surface area contributed by atoms with Gasteiger partial charge < -0.3 is 9.47 Å². The highest BCUT2D eigenvalue weighted by atomic mass is 16.6. The molecule has 1 fully saturated rings. The Bertz CT molecular complexity index is 832. The van der Waals surface area contributed by atoms with E-state index in [1.54, 1.807) is 24.3 Å². The largest absolute Gasteiger partial charge is 0.447 e. The van der Waals surface area contributed by atoms with Crippen molar-refractivity contribution in [2.45, 2.75) is 0 Å². The molecule has 114 valence electrons. The Balaban J connectivity index is 1.63. The number of carbonyl (C=O) groups is 2. The van der Waals surface area contributed by atoms with Crippen molar-refractivity contribution >= 4 is 29.3 Å². The number of cyclic esters (lactones) is 2. The number of aromatic nitrogens is 2. The van der Waals surface area contributed by atoms with Gasteiger partial charge in [-0.3, -0.25) is 4.90 Å². The number of esters is 1. The van der Waals surface area contributed by atoms with Gasteiger partial charge in [0.15, 0.2) is 11.4 Å². The fourth-order valence-corrected chi connectivity index (χ4v) is 2.36. The summed E-state index contributed by atoms with van der Waals surface area (Å²) in [5.74, 6) is -0.449. The van der Waals surface area contributed by atoms with Crippen LogP contribution in [0.1, 0.15) is 16.2 Å². The van der Waals surface area contributed by atoms with Crippen LogP contribution in [0.3, 0.4) is 0 Å². The Morgan fingerprint density at radius 3 is 2.48 bits per heavy atom. The van der Waals surface area contributed by atoms with Gasteiger partial charge >= 0.3 is 12.1 Å². The third-order valence-corrected chi connectivity index (χ3v) is 3.44. The molecule has 8 nitrogen and oxygen atoms in total. The van der Waals surface area contributed by atoms with Gasteiger partial charge in [0.05, 0.1) is 12.2 Å². The van der Waals surface area contributed by atoms with Crippen molar-refractivity contribution in [3.63, 3.8) is 0 Å². The van der Waals surface area contributed by atoms with Gasteiger partial charge in [0.2, 0.25) is 0 Å². The normalized spacial score (nSPS) is 18.1. The second-order valence-electron chi connectivity index (χ2n) is 4.84. The van der Waals surface area contributed by atoms with E-state index in [2.05, 4.69) is 15.0 Å². The molecule has 3 heterocycles. The van der Waals surface area contributed by atoms with Crippen LogP contribution in [0.15, 0.2) is 41.7 Å². The van der Waals surface area contributed by atoms with Gasteiger partial charge in [-0.2, -0.15) is 0 Å². The number of hydrogen-bond acceptors (Lipinski definition) is 7. The quantitative estimate of drug-likeness (QED) is 0.783. The average molecular weight is 310 g/mol. The molecule has 23 heavy (non-hydrogen) atoms. The van der Waals surface area contributed by atoms with Gasteiger partial charge in [-0.15, -0.1) is 0 Å². The van der Waals surface area contributed by atoms with E-state index in [1.165, 1.54) is 17.3 Å². The molecule has 0 radical (unpaired) electrons. The smallest absolute Gasteiger partial charge is 0.414 e. The van der Waals surface area contributed by atoms with Gasteiger partial charge in [-0.25, -0.2) is 24.5 Å². The van der Waals surface area contributed by atoms with Crippen LogP contribution in [0.4, 0.5) is 16.2 Å². The summed E-state index contributed by atoms with van der Waals surface area (Å²) < 4.78 is 9.98. The first-order valence-corrected chi connectivity index (χ1v) is 6.89. The predicted octanol–water partition coefficient (Wildman–Crippen LogP) is 1.68. The molecule has 4 rings (SSSR count). The number of rotatable bonds is 2. The lowest BCUT2D eigenvalue weighted by atomic mass is 10.2. The number of aliphatic imine (C=N–C) groups is 1. The van der Waals surface area contributed by atoms with Crippen LogP contribution in [0.5, 0.6) is 0 Å². The number of anilines is 1. The highest BCUT2D eigenvalue weighted by Gasteiger charge is 2.31. The molecule has 1 saturated heterocycles. The van der Waals surface area contributed by atoms with Crippen molar-refractivity contribution in [1.82, 2.24) is 9.97 Å². The minimum atomic E-state index is -0.566. The summed E-state index contributed by atoms with van der Waals surface area (Å²) in [6, 6.07) is 6.94. The number of nitrogens with zero attached hydrogens (tertiary/aromatic N) is 4. The average Bonchev–Trinajstić information content (AvgIpc) is 3.13. The molecule has 0 saturated carbocycles. The van der Waals surface area contributed by atoms with E-state index in [0.717, 1.165) is 5.69 Å². The molecule has 0 bridgehead atoms. The lowest BCUT2D eigenvalue weighted by Gasteiger charge is -2.12. The molecule has 0 unspecified atom stereocenters. The molecule has 2 aromatic rings. The molecule has 1 amide bonds. The molecule has 2 aliphatic heterocycles. The molecule has 2 aliphatic rings. The van der Waals surface area contributed by atoms with E-state index < -0.39 is 5.97 Å². The standard InChI is InChI=1S/C15H10N4O4/c20-14-12-11(16-5-6-17-12)13(23-14)18-9-1-3-10(4-2-9)19-7-8-22-15(19)21/h1-6H,7-8H2. The predicted molar refractivity (Wildman–Crippen MR) is 78.8 cm³/mol. The SMILES string of the molecule is O=C1OC(=Nc2ccc(N3CCOC3=O)cc2)c2nccnc21. The van der Waals surface area contributed by atoms with Crippen molar-refractivity contribution in [2.75, 3.05) is 18.1 Å². The topological polar surface area (TPSA) is 94.0 Å². The van der Waals surface area contributed by atoms with Crippen LogP contribution in [0.25, 0.3) is 0 Å². The Labute approximate surface area is 130 Å². The third-order valence-electron chi connectivity index (χ3n) is 3.44. The number of hydrogen-bond donors (Lipinski definition) is 0. The molecule has 0 N–H and O–H groups in total. The van der Waals surface area contributed by atoms with Crippen LogP contribution < -0.4 is 4.90 Å². The number of amides is 1. The summed E-state index contributed by atoms with van der Waals surface area (Å²) in [7, 11) is 0. The van der Waals surface area contributed by atoms with E-state index in [1.807, 2.05) is 0 Å². The molecule has 0 atom stereocenters. The lowest BCUT2D eigenvalue weighted by molar-refractivity contribution is 0.0732. The summed E-state index contributed by atoms with van der Waals surface area (Å²) in [5, 5.41) is 0. The minimum Gasteiger partial charge on any atom is -0.447 e. The zero-order chi connectivity index (χ0) is 15.8. The van der Waals surface area contributed by atoms with Crippen molar-refractivity contribution in [2.24, 2.45) is 4.99 Å². The van der Waals surface area contributed by atoms with E-state index in [9.17, 15) is 9.59 Å². The Kier molecular flexibility index (Phi) is 3.00. The Morgan fingerprint density at radius 1 is 1.04 bits per heavy atom. The van der Waals surface area contributed by atoms with E-state index >= 15 is 0 Å². The van der Waals surface area contributed by atoms with Gasteiger partial charge in [-0.05, 0) is 24.3 Å². The molecule has 1 aromatic heterocycles. The van der Waals surface area contributed by atoms with E-state index in [-0.39, 0.29) is 17.7 Å². The molecule has 1 aromatic carbocycles. The number of ether oxygens (including phenoxy) is 2. The van der Waals surface area contributed by atoms with E-state index in [4.69, 9.17) is 9.47 Å². The highest BCUT2D eigenvalue weighted by Crippen LogP contribution is 2.24. The summed E-state index contributed by atoms with van der Waals surface area (Å²) in [5.41, 5.74) is 1.77. The first kappa shape index (κ1) is 13.4. The number of fused-ring (bicyclic) bond motifs is 1. The number of carbonyl (C=O) groups excluding carboxylic acids is 2. The highest BCUT2D eigenvalue weighted by molar-refractivity contribution is 6.15. The van der Waals surface area contributed by atoms with Crippen LogP contribution in [-0.4, -0.2) is 41.1 Å². The van der Waals surface area contributed by atoms with Crippen LogP contribution in [0.2, 0.25) is 0 Å². The monoisotopic (exact) mass is 310 g/mol. The minimum absolute atomic E-state index is 0.117. The Hall–Kier alpha value is -3.29. The van der Waals surface area contributed by atoms with Crippen molar-refractivity contribution in [1.29, 1.82) is 0 Å². The second kappa shape index (κ2) is 5.16. The molecule has 8 heteroatoms. The fourth-order valence-electron chi connectivity index (χ4n) is 2.36. The summed E-state index contributed by atoms with van der Waals surface area (Å²) in [4.78, 5) is 37.0. The summed E-state index contributed by atoms with van der Waals surface area (Å²) in [6.45, 7) is 0.904. The van der Waals surface area contributed by atoms with Crippen molar-refractivity contribution in [3.05, 3.63) is 48.0 Å². The summed E-state index contributed by atoms with van der Waals surface area (Å²) in [6.07, 6.45) is 2.53. The van der Waals surface area contributed by atoms with Gasteiger partial charge in [0.25, 0.3) is 5.90 Å². The van der Waals surface area contributed by atoms with Crippen LogP contribution in [0, 0.1) is 0 Å². The van der Waals surface area contributed by atoms with Crippen LogP contribution >= 0.6 is 0 Å². The lowest BCUT2D eigenvalue weighted by Crippen LogP contribution is -2.22. The first-order chi connectivity index (χ1) is 11.2. The van der Waals surface area contributed by atoms with Gasteiger partial charge in [0, 0.05) is 18.1 Å². The Morgan fingerprint density at radius 2 is 1.78 bits per heavy atom. The summed E-state index contributed by atoms with van der Waals surface area (Å²) >= 11 is 0. The maximum atomic E-state index is 11.7. The van der Waals surface area contributed by atoms with Gasteiger partial charge in [-0.1, -0.05) is 0 Å². The third kappa shape index (κ3) is 2.30. The maximum Gasteiger partial charge on any atom is 0.414 e. The molecule has 0 aliphatic carbocycles.